The van der Waals surface area contributed by atoms with Gasteiger partial charge in [0.05, 0.1) is 23.5 Å². The molecule has 1 aromatic carbocycles. The summed E-state index contributed by atoms with van der Waals surface area (Å²) in [5, 5.41) is 7.95. The normalized spacial score (nSPS) is 27.5. The number of hydrogen-bond acceptors (Lipinski definition) is 6. The van der Waals surface area contributed by atoms with Crippen molar-refractivity contribution in [2.75, 3.05) is 19.7 Å². The van der Waals surface area contributed by atoms with Crippen molar-refractivity contribution in [3.63, 3.8) is 0 Å². The molecule has 0 unspecified atom stereocenters. The van der Waals surface area contributed by atoms with E-state index < -0.39 is 10.0 Å². The molecule has 2 saturated heterocycles. The van der Waals surface area contributed by atoms with Crippen LogP contribution in [0.25, 0.3) is 0 Å². The van der Waals surface area contributed by atoms with Gasteiger partial charge in [0.15, 0.2) is 0 Å². The summed E-state index contributed by atoms with van der Waals surface area (Å²) in [5.74, 6) is 1.04. The van der Waals surface area contributed by atoms with E-state index in [1.807, 2.05) is 19.1 Å². The predicted molar refractivity (Wildman–Crippen MR) is 84.9 cm³/mol. The number of fused-ring (bicyclic) bond motifs is 1. The first-order chi connectivity index (χ1) is 11.5. The topological polar surface area (TPSA) is 85.5 Å². The maximum atomic E-state index is 13.0. The number of sulfonamides is 1. The van der Waals surface area contributed by atoms with Crippen LogP contribution in [0.5, 0.6) is 0 Å². The van der Waals surface area contributed by atoms with Gasteiger partial charge in [0.2, 0.25) is 21.8 Å². The molecule has 128 valence electrons. The fraction of sp³-hybridized carbons (Fsp3) is 0.500. The summed E-state index contributed by atoms with van der Waals surface area (Å²) in [6.45, 7) is 4.82. The third-order valence-electron chi connectivity index (χ3n) is 4.85. The van der Waals surface area contributed by atoms with E-state index in [9.17, 15) is 8.42 Å². The van der Waals surface area contributed by atoms with Crippen LogP contribution in [-0.2, 0) is 14.8 Å². The van der Waals surface area contributed by atoms with E-state index in [0.29, 0.717) is 36.4 Å². The predicted octanol–water partition coefficient (Wildman–Crippen LogP) is 1.49. The highest BCUT2D eigenvalue weighted by molar-refractivity contribution is 7.89. The van der Waals surface area contributed by atoms with Crippen LogP contribution in [0, 0.1) is 19.8 Å². The minimum absolute atomic E-state index is 0.0450. The highest BCUT2D eigenvalue weighted by Crippen LogP contribution is 2.41. The second-order valence-electron chi connectivity index (χ2n) is 6.39. The van der Waals surface area contributed by atoms with Crippen LogP contribution in [0.4, 0.5) is 0 Å². The first-order valence-electron chi connectivity index (χ1n) is 7.94. The number of hydrogen-bond donors (Lipinski definition) is 0. The highest BCUT2D eigenvalue weighted by atomic mass is 32.2. The summed E-state index contributed by atoms with van der Waals surface area (Å²) in [6, 6.07) is 7.05. The Kier molecular flexibility index (Phi) is 3.70. The smallest absolute Gasteiger partial charge is 0.243 e. The molecule has 2 aliphatic rings. The van der Waals surface area contributed by atoms with E-state index in [2.05, 4.69) is 10.2 Å². The van der Waals surface area contributed by atoms with Gasteiger partial charge in [-0.1, -0.05) is 18.2 Å². The molecule has 0 spiro atoms. The lowest BCUT2D eigenvalue weighted by molar-refractivity contribution is 0.105. The van der Waals surface area contributed by atoms with Gasteiger partial charge in [-0.15, -0.1) is 10.2 Å². The van der Waals surface area contributed by atoms with E-state index in [0.717, 1.165) is 5.56 Å². The molecule has 1 aromatic heterocycles. The van der Waals surface area contributed by atoms with Gasteiger partial charge in [0, 0.05) is 25.9 Å². The summed E-state index contributed by atoms with van der Waals surface area (Å²) in [4.78, 5) is 0.357. The first-order valence-corrected chi connectivity index (χ1v) is 9.38. The van der Waals surface area contributed by atoms with Gasteiger partial charge < -0.3 is 9.15 Å². The van der Waals surface area contributed by atoms with Gasteiger partial charge in [0.1, 0.15) is 0 Å². The van der Waals surface area contributed by atoms with E-state index >= 15 is 0 Å². The summed E-state index contributed by atoms with van der Waals surface area (Å²) in [7, 11) is -3.53. The van der Waals surface area contributed by atoms with Crippen molar-refractivity contribution in [2.45, 2.75) is 30.8 Å². The zero-order valence-electron chi connectivity index (χ0n) is 13.5. The summed E-state index contributed by atoms with van der Waals surface area (Å²) in [6.07, 6.45) is -0.124. The molecule has 0 N–H and O–H groups in total. The van der Waals surface area contributed by atoms with Gasteiger partial charge in [-0.3, -0.25) is 0 Å². The second kappa shape index (κ2) is 5.65. The van der Waals surface area contributed by atoms with Crippen molar-refractivity contribution in [2.24, 2.45) is 5.92 Å². The monoisotopic (exact) mass is 349 g/mol. The fourth-order valence-corrected chi connectivity index (χ4v) is 5.29. The third-order valence-corrected chi connectivity index (χ3v) is 6.84. The van der Waals surface area contributed by atoms with Gasteiger partial charge in [-0.25, -0.2) is 8.42 Å². The molecule has 2 fully saturated rings. The maximum absolute atomic E-state index is 13.0. The minimum Gasteiger partial charge on any atom is -0.425 e. The number of ether oxygens (including phenoxy) is 1. The summed E-state index contributed by atoms with van der Waals surface area (Å²) >= 11 is 0. The molecule has 0 aliphatic carbocycles. The van der Waals surface area contributed by atoms with E-state index in [-0.39, 0.29) is 17.9 Å². The van der Waals surface area contributed by atoms with Crippen LogP contribution >= 0.6 is 0 Å². The Morgan fingerprint density at radius 2 is 1.96 bits per heavy atom. The molecule has 0 bridgehead atoms. The second-order valence-corrected chi connectivity index (χ2v) is 8.30. The SMILES string of the molecule is Cc1nnc([C@H]2CO[C@@H]3CN(S(=O)(=O)c4ccccc4C)C[C@H]23)o1. The molecule has 24 heavy (non-hydrogen) atoms. The number of benzene rings is 1. The number of aryl methyl sites for hydroxylation is 2. The molecule has 8 heteroatoms. The van der Waals surface area contributed by atoms with E-state index in [1.165, 1.54) is 4.31 Å². The number of rotatable bonds is 3. The Bertz CT molecular complexity index is 864. The van der Waals surface area contributed by atoms with Crippen molar-refractivity contribution in [1.29, 1.82) is 0 Å². The molecule has 4 rings (SSSR count). The molecular formula is C16H19N3O4S. The van der Waals surface area contributed by atoms with Gasteiger partial charge in [-0.2, -0.15) is 4.31 Å². The standard InChI is InChI=1S/C16H19N3O4S/c1-10-5-3-4-6-15(10)24(20,21)19-7-12-13(9-22-14(12)8-19)16-18-17-11(2)23-16/h3-6,12-14H,7-9H2,1-2H3/t12-,13+,14-/m1/s1. The lowest BCUT2D eigenvalue weighted by Crippen LogP contribution is -2.31. The Hall–Kier alpha value is -1.77. The lowest BCUT2D eigenvalue weighted by Gasteiger charge is -2.19. The molecule has 7 nitrogen and oxygen atoms in total. The van der Waals surface area contributed by atoms with Crippen molar-refractivity contribution in [3.05, 3.63) is 41.6 Å². The molecule has 3 heterocycles. The van der Waals surface area contributed by atoms with Crippen LogP contribution in [0.2, 0.25) is 0 Å². The van der Waals surface area contributed by atoms with E-state index in [4.69, 9.17) is 9.15 Å². The molecular weight excluding hydrogens is 330 g/mol. The zero-order valence-corrected chi connectivity index (χ0v) is 14.4. The van der Waals surface area contributed by atoms with Crippen molar-refractivity contribution in [1.82, 2.24) is 14.5 Å². The van der Waals surface area contributed by atoms with Crippen molar-refractivity contribution < 1.29 is 17.6 Å². The van der Waals surface area contributed by atoms with Gasteiger partial charge >= 0.3 is 0 Å². The van der Waals surface area contributed by atoms with Crippen molar-refractivity contribution in [3.8, 4) is 0 Å². The lowest BCUT2D eigenvalue weighted by atomic mass is 9.93. The zero-order chi connectivity index (χ0) is 16.9. The van der Waals surface area contributed by atoms with Crippen LogP contribution in [0.1, 0.15) is 23.3 Å². The Morgan fingerprint density at radius 1 is 1.17 bits per heavy atom. The highest BCUT2D eigenvalue weighted by Gasteiger charge is 2.49. The molecule has 0 radical (unpaired) electrons. The Labute approximate surface area is 140 Å². The summed E-state index contributed by atoms with van der Waals surface area (Å²) in [5.41, 5.74) is 0.750. The number of nitrogens with zero attached hydrogens (tertiary/aromatic N) is 3. The minimum atomic E-state index is -3.53. The number of aromatic nitrogens is 2. The first kappa shape index (κ1) is 15.7. The van der Waals surface area contributed by atoms with Crippen LogP contribution < -0.4 is 0 Å². The quantitative estimate of drug-likeness (QED) is 0.834. The van der Waals surface area contributed by atoms with Gasteiger partial charge in [-0.05, 0) is 18.6 Å². The van der Waals surface area contributed by atoms with Crippen molar-refractivity contribution >= 4 is 10.0 Å². The molecule has 2 aliphatic heterocycles. The van der Waals surface area contributed by atoms with Crippen LogP contribution in [0.15, 0.2) is 33.6 Å². The molecule has 0 saturated carbocycles. The van der Waals surface area contributed by atoms with Crippen LogP contribution in [-0.4, -0.2) is 48.7 Å². The largest absolute Gasteiger partial charge is 0.425 e. The maximum Gasteiger partial charge on any atom is 0.243 e. The Balaban J connectivity index is 1.60. The molecule has 0 amide bonds. The molecule has 3 atom stereocenters. The van der Waals surface area contributed by atoms with Gasteiger partial charge in [0.25, 0.3) is 0 Å². The molecule has 2 aromatic rings. The Morgan fingerprint density at radius 3 is 2.67 bits per heavy atom. The average Bonchev–Trinajstić information content (AvgIpc) is 3.22. The average molecular weight is 349 g/mol. The van der Waals surface area contributed by atoms with E-state index in [1.54, 1.807) is 19.1 Å². The fourth-order valence-electron chi connectivity index (χ4n) is 3.57. The van der Waals surface area contributed by atoms with Crippen LogP contribution in [0.3, 0.4) is 0 Å². The summed E-state index contributed by atoms with van der Waals surface area (Å²) < 4.78 is 38.8. The third kappa shape index (κ3) is 2.45.